The summed E-state index contributed by atoms with van der Waals surface area (Å²) in [5, 5.41) is 2.99. The van der Waals surface area contributed by atoms with E-state index in [-0.39, 0.29) is 0 Å². The summed E-state index contributed by atoms with van der Waals surface area (Å²) in [5.74, 6) is 2.65. The molecule has 88 valence electrons. The Hall–Kier alpha value is -1.32. The summed E-state index contributed by atoms with van der Waals surface area (Å²) in [6.07, 6.45) is 4.42. The van der Waals surface area contributed by atoms with Gasteiger partial charge in [-0.25, -0.2) is 4.98 Å². The Bertz CT molecular complexity index is 356. The number of aromatic nitrogens is 2. The summed E-state index contributed by atoms with van der Waals surface area (Å²) in [5.41, 5.74) is 1.16. The van der Waals surface area contributed by atoms with Crippen molar-refractivity contribution in [2.45, 2.75) is 26.7 Å². The largest absolute Gasteiger partial charge is 0.357 e. The number of nitrogens with zero attached hydrogens (tertiary/aromatic N) is 3. The number of hydrogen-bond acceptors (Lipinski definition) is 4. The minimum absolute atomic E-state index is 0.708. The highest BCUT2D eigenvalue weighted by Crippen LogP contribution is 2.24. The number of hydrogen-bond donors (Lipinski definition) is 1. The van der Waals surface area contributed by atoms with Crippen molar-refractivity contribution in [1.82, 2.24) is 9.97 Å². The Kier molecular flexibility index (Phi) is 3.27. The molecule has 4 nitrogen and oxygen atoms in total. The second-order valence-electron chi connectivity index (χ2n) is 4.62. The molecule has 4 heteroatoms. The lowest BCUT2D eigenvalue weighted by Gasteiger charge is -2.32. The van der Waals surface area contributed by atoms with Crippen LogP contribution in [0.3, 0.4) is 0 Å². The first-order chi connectivity index (χ1) is 7.70. The van der Waals surface area contributed by atoms with Crippen LogP contribution in [0.25, 0.3) is 0 Å². The third-order valence-electron chi connectivity index (χ3n) is 3.25. The molecule has 0 spiro atoms. The average Bonchev–Trinajstić information content (AvgIpc) is 2.31. The van der Waals surface area contributed by atoms with Gasteiger partial charge in [-0.1, -0.05) is 6.92 Å². The Morgan fingerprint density at radius 2 is 2.06 bits per heavy atom. The highest BCUT2D eigenvalue weighted by atomic mass is 15.2. The van der Waals surface area contributed by atoms with Gasteiger partial charge in [-0.15, -0.1) is 0 Å². The molecular weight excluding hydrogens is 200 g/mol. The van der Waals surface area contributed by atoms with Gasteiger partial charge >= 0.3 is 0 Å². The molecule has 0 amide bonds. The summed E-state index contributed by atoms with van der Waals surface area (Å²) in [7, 11) is 1.85. The zero-order chi connectivity index (χ0) is 11.5. The van der Waals surface area contributed by atoms with Gasteiger partial charge < -0.3 is 10.2 Å². The van der Waals surface area contributed by atoms with Gasteiger partial charge in [0.25, 0.3) is 0 Å². The van der Waals surface area contributed by atoms with Crippen molar-refractivity contribution >= 4 is 11.8 Å². The van der Waals surface area contributed by atoms with E-state index in [0.717, 1.165) is 30.4 Å². The van der Waals surface area contributed by atoms with Gasteiger partial charge in [-0.3, -0.25) is 0 Å². The van der Waals surface area contributed by atoms with E-state index in [4.69, 9.17) is 0 Å². The lowest BCUT2D eigenvalue weighted by atomic mass is 9.99. The lowest BCUT2D eigenvalue weighted by molar-refractivity contribution is 0.436. The molecule has 1 fully saturated rings. The standard InChI is InChI=1S/C12H20N4/c1-9-4-6-16(7-5-9)11-10(2)8-14-12(13-3)15-11/h8-9H,4-7H2,1-3H3,(H,13,14,15). The first-order valence-corrected chi connectivity index (χ1v) is 5.97. The summed E-state index contributed by atoms with van der Waals surface area (Å²) >= 11 is 0. The van der Waals surface area contributed by atoms with Gasteiger partial charge in [0.05, 0.1) is 0 Å². The van der Waals surface area contributed by atoms with Crippen LogP contribution in [0.15, 0.2) is 6.20 Å². The van der Waals surface area contributed by atoms with Gasteiger partial charge in [-0.2, -0.15) is 4.98 Å². The highest BCUT2D eigenvalue weighted by Gasteiger charge is 2.18. The quantitative estimate of drug-likeness (QED) is 0.828. The van der Waals surface area contributed by atoms with Crippen LogP contribution in [0.4, 0.5) is 11.8 Å². The minimum atomic E-state index is 0.708. The number of nitrogens with one attached hydrogen (secondary N) is 1. The Morgan fingerprint density at radius 3 is 2.69 bits per heavy atom. The zero-order valence-electron chi connectivity index (χ0n) is 10.3. The zero-order valence-corrected chi connectivity index (χ0v) is 10.3. The van der Waals surface area contributed by atoms with E-state index in [0.29, 0.717) is 5.95 Å². The number of rotatable bonds is 2. The molecule has 2 rings (SSSR count). The van der Waals surface area contributed by atoms with Crippen LogP contribution in [0.1, 0.15) is 25.3 Å². The monoisotopic (exact) mass is 220 g/mol. The maximum absolute atomic E-state index is 4.54. The normalized spacial score (nSPS) is 17.6. The molecule has 0 aromatic carbocycles. The van der Waals surface area contributed by atoms with Crippen LogP contribution in [-0.2, 0) is 0 Å². The molecule has 0 aliphatic carbocycles. The van der Waals surface area contributed by atoms with Gasteiger partial charge in [0.1, 0.15) is 5.82 Å². The molecule has 1 aliphatic rings. The average molecular weight is 220 g/mol. The van der Waals surface area contributed by atoms with Gasteiger partial charge in [0, 0.05) is 31.9 Å². The molecular formula is C12H20N4. The summed E-state index contributed by atoms with van der Waals surface area (Å²) < 4.78 is 0. The first kappa shape index (κ1) is 11.2. The molecule has 1 saturated heterocycles. The van der Waals surface area contributed by atoms with Crippen LogP contribution in [-0.4, -0.2) is 30.1 Å². The van der Waals surface area contributed by atoms with E-state index in [9.17, 15) is 0 Å². The molecule has 0 radical (unpaired) electrons. The van der Waals surface area contributed by atoms with E-state index in [1.807, 2.05) is 13.2 Å². The molecule has 1 N–H and O–H groups in total. The predicted molar refractivity (Wildman–Crippen MR) is 66.9 cm³/mol. The predicted octanol–water partition coefficient (Wildman–Crippen LogP) is 2.06. The van der Waals surface area contributed by atoms with Crippen LogP contribution < -0.4 is 10.2 Å². The minimum Gasteiger partial charge on any atom is -0.357 e. The number of aryl methyl sites for hydroxylation is 1. The molecule has 0 atom stereocenters. The third kappa shape index (κ3) is 2.26. The van der Waals surface area contributed by atoms with Crippen LogP contribution >= 0.6 is 0 Å². The molecule has 0 bridgehead atoms. The van der Waals surface area contributed by atoms with Crippen LogP contribution in [0, 0.1) is 12.8 Å². The second kappa shape index (κ2) is 4.68. The molecule has 16 heavy (non-hydrogen) atoms. The van der Waals surface area contributed by atoms with E-state index in [1.165, 1.54) is 12.8 Å². The second-order valence-corrected chi connectivity index (χ2v) is 4.62. The summed E-state index contributed by atoms with van der Waals surface area (Å²) in [6, 6.07) is 0. The van der Waals surface area contributed by atoms with Crippen molar-refractivity contribution in [3.63, 3.8) is 0 Å². The molecule has 1 aromatic heterocycles. The van der Waals surface area contributed by atoms with Crippen LogP contribution in [0.2, 0.25) is 0 Å². The Labute approximate surface area is 97.1 Å². The fourth-order valence-corrected chi connectivity index (χ4v) is 2.09. The van der Waals surface area contributed by atoms with E-state index in [2.05, 4.69) is 34.0 Å². The van der Waals surface area contributed by atoms with E-state index >= 15 is 0 Å². The van der Waals surface area contributed by atoms with Crippen molar-refractivity contribution in [2.24, 2.45) is 5.92 Å². The number of anilines is 2. The maximum Gasteiger partial charge on any atom is 0.224 e. The lowest BCUT2D eigenvalue weighted by Crippen LogP contribution is -2.34. The Morgan fingerprint density at radius 1 is 1.38 bits per heavy atom. The molecule has 1 aliphatic heterocycles. The SMILES string of the molecule is CNc1ncc(C)c(N2CCC(C)CC2)n1. The van der Waals surface area contributed by atoms with Crippen LogP contribution in [0.5, 0.6) is 0 Å². The fraction of sp³-hybridized carbons (Fsp3) is 0.667. The summed E-state index contributed by atoms with van der Waals surface area (Å²) in [6.45, 7) is 6.63. The molecule has 0 unspecified atom stereocenters. The summed E-state index contributed by atoms with van der Waals surface area (Å²) in [4.78, 5) is 11.1. The van der Waals surface area contributed by atoms with Gasteiger partial charge in [-0.05, 0) is 25.7 Å². The van der Waals surface area contributed by atoms with Crippen molar-refractivity contribution in [1.29, 1.82) is 0 Å². The van der Waals surface area contributed by atoms with Gasteiger partial charge in [0.15, 0.2) is 0 Å². The maximum atomic E-state index is 4.54. The van der Waals surface area contributed by atoms with Gasteiger partial charge in [0.2, 0.25) is 5.95 Å². The molecule has 1 aromatic rings. The van der Waals surface area contributed by atoms with Crippen molar-refractivity contribution in [2.75, 3.05) is 30.4 Å². The smallest absolute Gasteiger partial charge is 0.224 e. The van der Waals surface area contributed by atoms with E-state index in [1.54, 1.807) is 0 Å². The first-order valence-electron chi connectivity index (χ1n) is 5.97. The Balaban J connectivity index is 2.19. The third-order valence-corrected chi connectivity index (χ3v) is 3.25. The number of piperidine rings is 1. The van der Waals surface area contributed by atoms with E-state index < -0.39 is 0 Å². The fourth-order valence-electron chi connectivity index (χ4n) is 2.09. The highest BCUT2D eigenvalue weighted by molar-refractivity contribution is 5.49. The van der Waals surface area contributed by atoms with Crippen molar-refractivity contribution in [3.05, 3.63) is 11.8 Å². The molecule has 0 saturated carbocycles. The van der Waals surface area contributed by atoms with Crippen molar-refractivity contribution < 1.29 is 0 Å². The molecule has 2 heterocycles. The topological polar surface area (TPSA) is 41.1 Å². The van der Waals surface area contributed by atoms with Crippen molar-refractivity contribution in [3.8, 4) is 0 Å².